The van der Waals surface area contributed by atoms with Gasteiger partial charge in [-0.3, -0.25) is 4.79 Å². The molecule has 1 atom stereocenters. The van der Waals surface area contributed by atoms with Crippen molar-refractivity contribution in [2.45, 2.75) is 31.7 Å². The van der Waals surface area contributed by atoms with E-state index < -0.39 is 0 Å². The number of likely N-dealkylation sites (tertiary alicyclic amines) is 1. The fourth-order valence-electron chi connectivity index (χ4n) is 3.08. The summed E-state index contributed by atoms with van der Waals surface area (Å²) in [6.07, 6.45) is 3.85. The maximum Gasteiger partial charge on any atom is 0.223 e. The maximum atomic E-state index is 12.0. The molecule has 1 aliphatic carbocycles. The second-order valence-corrected chi connectivity index (χ2v) is 7.45. The predicted molar refractivity (Wildman–Crippen MR) is 90.5 cm³/mol. The van der Waals surface area contributed by atoms with Crippen LogP contribution in [0, 0.1) is 5.92 Å². The van der Waals surface area contributed by atoms with Crippen LogP contribution in [0.15, 0.2) is 30.3 Å². The number of aromatic nitrogens is 2. The Kier molecular flexibility index (Phi) is 3.99. The number of nitrogens with one attached hydrogen (secondary N) is 1. The van der Waals surface area contributed by atoms with Crippen molar-refractivity contribution >= 4 is 22.4 Å². The number of carbonyl (C=O) groups is 1. The molecule has 2 aliphatic rings. The molecule has 1 aromatic heterocycles. The summed E-state index contributed by atoms with van der Waals surface area (Å²) in [5.74, 6) is 0.714. The first-order valence-electron chi connectivity index (χ1n) is 8.17. The Morgan fingerprint density at radius 2 is 2.04 bits per heavy atom. The number of hydrogen-bond acceptors (Lipinski definition) is 5. The van der Waals surface area contributed by atoms with Crippen LogP contribution in [0.5, 0.6) is 0 Å². The van der Waals surface area contributed by atoms with E-state index in [1.54, 1.807) is 11.3 Å². The van der Waals surface area contributed by atoms with Gasteiger partial charge < -0.3 is 10.2 Å². The number of amides is 1. The largest absolute Gasteiger partial charge is 0.360 e. The Morgan fingerprint density at radius 3 is 2.83 bits per heavy atom. The lowest BCUT2D eigenvalue weighted by Crippen LogP contribution is -2.28. The first kappa shape index (κ1) is 14.6. The molecule has 23 heavy (non-hydrogen) atoms. The molecule has 1 amide bonds. The van der Waals surface area contributed by atoms with Crippen molar-refractivity contribution in [2.75, 3.05) is 18.4 Å². The van der Waals surface area contributed by atoms with Gasteiger partial charge in [0.05, 0.1) is 0 Å². The molecule has 4 rings (SSSR count). The number of hydrogen-bond donors (Lipinski definition) is 1. The van der Waals surface area contributed by atoms with Gasteiger partial charge in [0, 0.05) is 37.9 Å². The van der Waals surface area contributed by atoms with Crippen LogP contribution in [-0.2, 0) is 11.2 Å². The molecule has 1 saturated heterocycles. The average Bonchev–Trinajstić information content (AvgIpc) is 3.20. The summed E-state index contributed by atoms with van der Waals surface area (Å²) in [7, 11) is 0. The minimum Gasteiger partial charge on any atom is -0.360 e. The highest BCUT2D eigenvalue weighted by molar-refractivity contribution is 7.15. The number of rotatable bonds is 6. The molecule has 5 nitrogen and oxygen atoms in total. The number of anilines is 1. The quantitative estimate of drug-likeness (QED) is 0.885. The third-order valence-electron chi connectivity index (χ3n) is 4.43. The van der Waals surface area contributed by atoms with E-state index in [-0.39, 0.29) is 0 Å². The molecule has 2 heterocycles. The Morgan fingerprint density at radius 1 is 1.22 bits per heavy atom. The molecule has 0 spiro atoms. The maximum absolute atomic E-state index is 12.0. The minimum absolute atomic E-state index is 0.321. The predicted octanol–water partition coefficient (Wildman–Crippen LogP) is 2.55. The highest BCUT2D eigenvalue weighted by Gasteiger charge is 2.39. The minimum atomic E-state index is 0.321. The molecule has 120 valence electrons. The van der Waals surface area contributed by atoms with Crippen molar-refractivity contribution in [3.63, 3.8) is 0 Å². The van der Waals surface area contributed by atoms with Gasteiger partial charge in [-0.25, -0.2) is 0 Å². The highest BCUT2D eigenvalue weighted by Crippen LogP contribution is 2.32. The lowest BCUT2D eigenvalue weighted by Gasteiger charge is -2.15. The van der Waals surface area contributed by atoms with E-state index in [9.17, 15) is 4.79 Å². The normalized spacial score (nSPS) is 21.0. The Bertz CT molecular complexity index is 683. The van der Waals surface area contributed by atoms with E-state index in [0.29, 0.717) is 24.3 Å². The zero-order valence-electron chi connectivity index (χ0n) is 12.9. The van der Waals surface area contributed by atoms with E-state index in [4.69, 9.17) is 0 Å². The van der Waals surface area contributed by atoms with Crippen LogP contribution in [0.25, 0.3) is 0 Å². The Balaban J connectivity index is 1.29. The molecule has 2 aromatic rings. The molecule has 1 aliphatic heterocycles. The molecule has 0 bridgehead atoms. The third kappa shape index (κ3) is 3.52. The molecule has 1 N–H and O–H groups in total. The second kappa shape index (κ2) is 6.28. The Labute approximate surface area is 139 Å². The summed E-state index contributed by atoms with van der Waals surface area (Å²) < 4.78 is 0. The summed E-state index contributed by atoms with van der Waals surface area (Å²) in [5.41, 5.74) is 1.25. The van der Waals surface area contributed by atoms with Gasteiger partial charge in [0.2, 0.25) is 11.0 Å². The van der Waals surface area contributed by atoms with Crippen molar-refractivity contribution in [1.29, 1.82) is 0 Å². The third-order valence-corrected chi connectivity index (χ3v) is 5.31. The van der Waals surface area contributed by atoms with Crippen molar-refractivity contribution < 1.29 is 4.79 Å². The molecule has 1 unspecified atom stereocenters. The summed E-state index contributed by atoms with van der Waals surface area (Å²) in [6, 6.07) is 10.8. The fraction of sp³-hybridized carbons (Fsp3) is 0.471. The zero-order chi connectivity index (χ0) is 15.6. The first-order chi connectivity index (χ1) is 11.3. The monoisotopic (exact) mass is 328 g/mol. The summed E-state index contributed by atoms with van der Waals surface area (Å²) in [6.45, 7) is 1.70. The second-order valence-electron chi connectivity index (χ2n) is 6.39. The zero-order valence-corrected chi connectivity index (χ0v) is 13.8. The van der Waals surface area contributed by atoms with E-state index in [2.05, 4.69) is 32.5 Å². The molecule has 1 aromatic carbocycles. The molecular formula is C17H20N4OS. The van der Waals surface area contributed by atoms with Crippen molar-refractivity contribution in [3.8, 4) is 0 Å². The van der Waals surface area contributed by atoms with Gasteiger partial charge in [-0.15, -0.1) is 10.2 Å². The van der Waals surface area contributed by atoms with Gasteiger partial charge in [-0.05, 0) is 18.4 Å². The fourth-order valence-corrected chi connectivity index (χ4v) is 3.86. The van der Waals surface area contributed by atoms with Crippen LogP contribution >= 0.6 is 11.3 Å². The smallest absolute Gasteiger partial charge is 0.223 e. The Hall–Kier alpha value is -1.95. The average molecular weight is 328 g/mol. The number of carbonyl (C=O) groups excluding carboxylic acids is 1. The highest BCUT2D eigenvalue weighted by atomic mass is 32.1. The van der Waals surface area contributed by atoms with Crippen molar-refractivity contribution in [2.24, 2.45) is 5.92 Å². The summed E-state index contributed by atoms with van der Waals surface area (Å²) >= 11 is 1.60. The van der Waals surface area contributed by atoms with Gasteiger partial charge in [-0.2, -0.15) is 0 Å². The molecule has 6 heteroatoms. The van der Waals surface area contributed by atoms with E-state index in [1.807, 2.05) is 18.2 Å². The lowest BCUT2D eigenvalue weighted by atomic mass is 10.1. The summed E-state index contributed by atoms with van der Waals surface area (Å²) in [5, 5.41) is 13.7. The number of nitrogens with zero attached hydrogens (tertiary/aromatic N) is 3. The van der Waals surface area contributed by atoms with Crippen LogP contribution in [0.3, 0.4) is 0 Å². The van der Waals surface area contributed by atoms with Gasteiger partial charge in [0.25, 0.3) is 0 Å². The van der Waals surface area contributed by atoms with Gasteiger partial charge in [0.15, 0.2) is 0 Å². The molecule has 2 fully saturated rings. The topological polar surface area (TPSA) is 58.1 Å². The number of benzene rings is 1. The van der Waals surface area contributed by atoms with E-state index in [0.717, 1.165) is 29.6 Å². The SMILES string of the molecule is O=C1CC(CNc2nnc(Cc3ccccc3)s2)CN1C1CC1. The standard InChI is InChI=1S/C17H20N4OS/c22-16-9-13(11-21(16)14-6-7-14)10-18-17-20-19-15(23-17)8-12-4-2-1-3-5-12/h1-5,13-14H,6-11H2,(H,18,20). The first-order valence-corrected chi connectivity index (χ1v) is 8.99. The molecule has 0 radical (unpaired) electrons. The van der Waals surface area contributed by atoms with E-state index in [1.165, 1.54) is 18.4 Å². The van der Waals surface area contributed by atoms with E-state index >= 15 is 0 Å². The van der Waals surface area contributed by atoms with Crippen molar-refractivity contribution in [1.82, 2.24) is 15.1 Å². The summed E-state index contributed by atoms with van der Waals surface area (Å²) in [4.78, 5) is 14.0. The van der Waals surface area contributed by atoms with Crippen molar-refractivity contribution in [3.05, 3.63) is 40.9 Å². The van der Waals surface area contributed by atoms with Gasteiger partial charge in [0.1, 0.15) is 5.01 Å². The van der Waals surface area contributed by atoms with Crippen LogP contribution in [-0.4, -0.2) is 40.1 Å². The van der Waals surface area contributed by atoms with Crippen LogP contribution in [0.2, 0.25) is 0 Å². The van der Waals surface area contributed by atoms with Crippen LogP contribution < -0.4 is 5.32 Å². The molecule has 1 saturated carbocycles. The van der Waals surface area contributed by atoms with Gasteiger partial charge in [-0.1, -0.05) is 41.7 Å². The van der Waals surface area contributed by atoms with Crippen LogP contribution in [0.1, 0.15) is 29.8 Å². The van der Waals surface area contributed by atoms with Gasteiger partial charge >= 0.3 is 0 Å². The van der Waals surface area contributed by atoms with Crippen LogP contribution in [0.4, 0.5) is 5.13 Å². The molecular weight excluding hydrogens is 308 g/mol. The lowest BCUT2D eigenvalue weighted by molar-refractivity contribution is -0.128.